The highest BCUT2D eigenvalue weighted by Crippen LogP contribution is 2.55. The zero-order valence-corrected chi connectivity index (χ0v) is 13.9. The number of rotatable bonds is 1. The maximum absolute atomic E-state index is 13.4. The first-order valence-electron chi connectivity index (χ1n) is 8.68. The van der Waals surface area contributed by atoms with Crippen molar-refractivity contribution in [3.8, 4) is 0 Å². The van der Waals surface area contributed by atoms with Gasteiger partial charge in [0.2, 0.25) is 0 Å². The van der Waals surface area contributed by atoms with Gasteiger partial charge in [-0.2, -0.15) is 0 Å². The number of Topliss-reactive ketones (excluding diaryl/α,β-unsaturated/α-hetero) is 2. The largest absolute Gasteiger partial charge is 0.293 e. The summed E-state index contributed by atoms with van der Waals surface area (Å²) in [4.78, 5) is 26.7. The molecule has 3 heteroatoms. The Kier molecular flexibility index (Phi) is 3.20. The van der Waals surface area contributed by atoms with E-state index in [4.69, 9.17) is 0 Å². The van der Waals surface area contributed by atoms with Crippen LogP contribution in [0.2, 0.25) is 0 Å². The van der Waals surface area contributed by atoms with Crippen LogP contribution in [0.5, 0.6) is 0 Å². The van der Waals surface area contributed by atoms with Gasteiger partial charge in [0.05, 0.1) is 11.8 Å². The third-order valence-corrected chi connectivity index (χ3v) is 5.66. The van der Waals surface area contributed by atoms with Gasteiger partial charge < -0.3 is 0 Å². The van der Waals surface area contributed by atoms with Crippen molar-refractivity contribution < 1.29 is 14.0 Å². The smallest absolute Gasteiger partial charge is 0.171 e. The molecule has 0 fully saturated rings. The Labute approximate surface area is 150 Å². The SMILES string of the molecule is O=C1c2ccccc2C2C(=O)c3ccccc3C1C2c1ccc(F)cc1. The summed E-state index contributed by atoms with van der Waals surface area (Å²) in [5.74, 6) is -1.41. The van der Waals surface area contributed by atoms with Gasteiger partial charge in [0.1, 0.15) is 5.82 Å². The summed E-state index contributed by atoms with van der Waals surface area (Å²) in [5, 5.41) is 0. The molecule has 0 aliphatic heterocycles. The Morgan fingerprint density at radius 3 is 1.58 bits per heavy atom. The molecule has 0 saturated carbocycles. The van der Waals surface area contributed by atoms with Crippen molar-refractivity contribution >= 4 is 11.6 Å². The summed E-state index contributed by atoms with van der Waals surface area (Å²) in [7, 11) is 0. The fourth-order valence-electron chi connectivity index (χ4n) is 4.58. The minimum atomic E-state index is -0.422. The lowest BCUT2D eigenvalue weighted by Gasteiger charge is -2.42. The van der Waals surface area contributed by atoms with E-state index < -0.39 is 11.8 Å². The van der Waals surface area contributed by atoms with E-state index in [0.29, 0.717) is 11.1 Å². The molecule has 2 nitrogen and oxygen atoms in total. The van der Waals surface area contributed by atoms with Gasteiger partial charge in [0, 0.05) is 17.0 Å². The van der Waals surface area contributed by atoms with E-state index in [1.54, 1.807) is 24.3 Å². The molecule has 0 aromatic heterocycles. The van der Waals surface area contributed by atoms with Gasteiger partial charge in [0.15, 0.2) is 11.6 Å². The molecule has 0 radical (unpaired) electrons. The number of benzene rings is 3. The number of ketones is 2. The van der Waals surface area contributed by atoms with E-state index in [1.807, 2.05) is 36.4 Å². The van der Waals surface area contributed by atoms with Crippen LogP contribution in [0.15, 0.2) is 72.8 Å². The van der Waals surface area contributed by atoms with E-state index in [1.165, 1.54) is 12.1 Å². The number of hydrogen-bond donors (Lipinski definition) is 0. The molecule has 126 valence electrons. The van der Waals surface area contributed by atoms with Gasteiger partial charge in [-0.3, -0.25) is 9.59 Å². The van der Waals surface area contributed by atoms with Crippen molar-refractivity contribution in [3.63, 3.8) is 0 Å². The predicted octanol–water partition coefficient (Wildman–Crippen LogP) is 4.87. The molecule has 3 aromatic rings. The number of carbonyl (C=O) groups excluding carboxylic acids is 2. The first-order valence-corrected chi connectivity index (χ1v) is 8.68. The average molecular weight is 342 g/mol. The number of fused-ring (bicyclic) bond motifs is 6. The van der Waals surface area contributed by atoms with Crippen LogP contribution in [-0.2, 0) is 0 Å². The van der Waals surface area contributed by atoms with Crippen LogP contribution in [0.4, 0.5) is 4.39 Å². The molecule has 5 rings (SSSR count). The highest BCUT2D eigenvalue weighted by Gasteiger charge is 2.51. The Hall–Kier alpha value is -3.07. The van der Waals surface area contributed by atoms with Crippen molar-refractivity contribution in [2.24, 2.45) is 0 Å². The quantitative estimate of drug-likeness (QED) is 0.632. The third-order valence-electron chi connectivity index (χ3n) is 5.66. The van der Waals surface area contributed by atoms with Crippen LogP contribution >= 0.6 is 0 Å². The molecule has 0 spiro atoms. The molecule has 2 atom stereocenters. The summed E-state index contributed by atoms with van der Waals surface area (Å²) in [5.41, 5.74) is 3.64. The second kappa shape index (κ2) is 5.46. The predicted molar refractivity (Wildman–Crippen MR) is 96.2 cm³/mol. The lowest BCUT2D eigenvalue weighted by atomic mass is 9.57. The Morgan fingerprint density at radius 1 is 0.615 bits per heavy atom. The summed E-state index contributed by atoms with van der Waals surface area (Å²) in [6.07, 6.45) is 0. The van der Waals surface area contributed by atoms with Gasteiger partial charge >= 0.3 is 0 Å². The van der Waals surface area contributed by atoms with E-state index in [9.17, 15) is 14.0 Å². The average Bonchev–Trinajstić information content (AvgIpc) is 2.68. The molecule has 26 heavy (non-hydrogen) atoms. The lowest BCUT2D eigenvalue weighted by molar-refractivity contribution is 0.0852. The van der Waals surface area contributed by atoms with E-state index in [2.05, 4.69) is 0 Å². The number of halogens is 1. The first-order chi connectivity index (χ1) is 12.7. The van der Waals surface area contributed by atoms with Crippen LogP contribution in [0, 0.1) is 5.82 Å². The summed E-state index contributed by atoms with van der Waals surface area (Å²) >= 11 is 0. The molecule has 0 saturated heterocycles. The zero-order chi connectivity index (χ0) is 17.8. The molecule has 0 amide bonds. The fraction of sp³-hybridized carbons (Fsp3) is 0.130. The Morgan fingerprint density at radius 2 is 1.08 bits per heavy atom. The van der Waals surface area contributed by atoms with Crippen molar-refractivity contribution in [2.75, 3.05) is 0 Å². The van der Waals surface area contributed by atoms with Gasteiger partial charge in [-0.25, -0.2) is 4.39 Å². The molecule has 2 unspecified atom stereocenters. The Bertz CT molecular complexity index is 988. The molecular weight excluding hydrogens is 327 g/mol. The second-order valence-electron chi connectivity index (χ2n) is 6.94. The summed E-state index contributed by atoms with van der Waals surface area (Å²) in [6.45, 7) is 0. The van der Waals surface area contributed by atoms with Crippen LogP contribution < -0.4 is 0 Å². The highest BCUT2D eigenvalue weighted by atomic mass is 19.1. The highest BCUT2D eigenvalue weighted by molar-refractivity contribution is 6.15. The van der Waals surface area contributed by atoms with E-state index in [-0.39, 0.29) is 23.3 Å². The number of hydrogen-bond acceptors (Lipinski definition) is 2. The normalized spacial score (nSPS) is 23.3. The molecule has 2 aliphatic carbocycles. The van der Waals surface area contributed by atoms with Crippen LogP contribution in [0.1, 0.15) is 55.2 Å². The van der Waals surface area contributed by atoms with Crippen LogP contribution in [-0.4, -0.2) is 11.6 Å². The monoisotopic (exact) mass is 342 g/mol. The van der Waals surface area contributed by atoms with Crippen molar-refractivity contribution in [2.45, 2.75) is 17.8 Å². The molecule has 2 bridgehead atoms. The topological polar surface area (TPSA) is 34.1 Å². The van der Waals surface area contributed by atoms with Crippen LogP contribution in [0.3, 0.4) is 0 Å². The minimum absolute atomic E-state index is 0.0334. The van der Waals surface area contributed by atoms with Crippen LogP contribution in [0.25, 0.3) is 0 Å². The maximum atomic E-state index is 13.4. The van der Waals surface area contributed by atoms with E-state index >= 15 is 0 Å². The molecule has 2 aliphatic rings. The van der Waals surface area contributed by atoms with Crippen molar-refractivity contribution in [1.29, 1.82) is 0 Å². The van der Waals surface area contributed by atoms with Gasteiger partial charge in [-0.1, -0.05) is 60.7 Å². The minimum Gasteiger partial charge on any atom is -0.293 e. The van der Waals surface area contributed by atoms with Gasteiger partial charge in [-0.15, -0.1) is 0 Å². The maximum Gasteiger partial charge on any atom is 0.171 e. The number of carbonyl (C=O) groups is 2. The van der Waals surface area contributed by atoms with Crippen molar-refractivity contribution in [3.05, 3.63) is 106 Å². The molecule has 3 aromatic carbocycles. The molecule has 0 N–H and O–H groups in total. The summed E-state index contributed by atoms with van der Waals surface area (Å²) < 4.78 is 13.4. The summed E-state index contributed by atoms with van der Waals surface area (Å²) in [6, 6.07) is 20.9. The first kappa shape index (κ1) is 15.2. The zero-order valence-electron chi connectivity index (χ0n) is 13.9. The Balaban J connectivity index is 1.82. The molecular formula is C23H15FO2. The fourth-order valence-corrected chi connectivity index (χ4v) is 4.58. The second-order valence-corrected chi connectivity index (χ2v) is 6.94. The standard InChI is InChI=1S/C23H15FO2/c24-14-11-9-13(10-12-14)19-20-15-5-1-3-7-17(15)22(25)21(19)16-6-2-4-8-18(16)23(20)26/h1-12,19-21H. The molecule has 0 heterocycles. The third kappa shape index (κ3) is 1.97. The van der Waals surface area contributed by atoms with E-state index in [0.717, 1.165) is 16.7 Å². The lowest BCUT2D eigenvalue weighted by Crippen LogP contribution is -2.40. The van der Waals surface area contributed by atoms with Gasteiger partial charge in [-0.05, 0) is 28.8 Å². The van der Waals surface area contributed by atoms with Gasteiger partial charge in [0.25, 0.3) is 0 Å². The van der Waals surface area contributed by atoms with Crippen molar-refractivity contribution in [1.82, 2.24) is 0 Å².